The first-order valence-electron chi connectivity index (χ1n) is 9.97. The fraction of sp³-hybridized carbons (Fsp3) is 0.571. The highest BCUT2D eigenvalue weighted by molar-refractivity contribution is 6.33. The van der Waals surface area contributed by atoms with Gasteiger partial charge >= 0.3 is 0 Å². The van der Waals surface area contributed by atoms with E-state index in [1.807, 2.05) is 20.8 Å². The van der Waals surface area contributed by atoms with Crippen molar-refractivity contribution in [3.8, 4) is 0 Å². The second-order valence-corrected chi connectivity index (χ2v) is 8.02. The smallest absolute Gasteiger partial charge is 0.253 e. The summed E-state index contributed by atoms with van der Waals surface area (Å²) in [6, 6.07) is 6.10. The van der Waals surface area contributed by atoms with Gasteiger partial charge in [-0.15, -0.1) is 0 Å². The van der Waals surface area contributed by atoms with Gasteiger partial charge in [0.2, 0.25) is 11.8 Å². The number of benzene rings is 1. The zero-order valence-electron chi connectivity index (χ0n) is 16.8. The van der Waals surface area contributed by atoms with Gasteiger partial charge in [0.1, 0.15) is 6.04 Å². The van der Waals surface area contributed by atoms with E-state index in [-0.39, 0.29) is 29.7 Å². The third kappa shape index (κ3) is 5.96. The van der Waals surface area contributed by atoms with Crippen molar-refractivity contribution >= 4 is 29.3 Å². The molecule has 0 spiro atoms. The molecule has 1 aliphatic heterocycles. The molecule has 1 aliphatic rings. The van der Waals surface area contributed by atoms with Gasteiger partial charge in [0.05, 0.1) is 10.6 Å². The molecule has 3 amide bonds. The number of carbonyl (C=O) groups excluding carboxylic acids is 3. The predicted octanol–water partition coefficient (Wildman–Crippen LogP) is 3.00. The minimum absolute atomic E-state index is 0.0224. The Balaban J connectivity index is 2.04. The summed E-state index contributed by atoms with van der Waals surface area (Å²) in [5.41, 5.74) is 0.353. The van der Waals surface area contributed by atoms with Crippen LogP contribution in [0.2, 0.25) is 5.02 Å². The number of likely N-dealkylation sites (tertiary alicyclic amines) is 1. The summed E-state index contributed by atoms with van der Waals surface area (Å²) in [6.07, 6.45) is 2.97. The minimum atomic E-state index is -0.645. The molecule has 1 heterocycles. The molecule has 6 nitrogen and oxygen atoms in total. The zero-order chi connectivity index (χ0) is 20.7. The average molecular weight is 408 g/mol. The highest BCUT2D eigenvalue weighted by Gasteiger charge is 2.32. The van der Waals surface area contributed by atoms with E-state index in [0.717, 1.165) is 19.3 Å². The van der Waals surface area contributed by atoms with Crippen LogP contribution in [0, 0.1) is 5.92 Å². The Kier molecular flexibility index (Phi) is 8.30. The molecule has 1 saturated heterocycles. The van der Waals surface area contributed by atoms with Crippen molar-refractivity contribution in [1.29, 1.82) is 0 Å². The number of amides is 3. The number of carbonyl (C=O) groups is 3. The van der Waals surface area contributed by atoms with Gasteiger partial charge in [-0.3, -0.25) is 14.4 Å². The standard InChI is InChI=1S/C21H30ClN3O3/c1-4-8-18(26)23-15-9-7-12-25(13-15)21(28)19(14(2)3)24-20(27)16-10-5-6-11-17(16)22/h5-6,10-11,14-15,19H,4,7-9,12-13H2,1-3H3,(H,23,26)(H,24,27). The molecule has 1 fully saturated rings. The van der Waals surface area contributed by atoms with E-state index in [9.17, 15) is 14.4 Å². The first-order valence-corrected chi connectivity index (χ1v) is 10.3. The average Bonchev–Trinajstić information content (AvgIpc) is 2.66. The molecule has 0 aromatic heterocycles. The van der Waals surface area contributed by atoms with Gasteiger partial charge in [0.25, 0.3) is 5.91 Å². The maximum Gasteiger partial charge on any atom is 0.253 e. The largest absolute Gasteiger partial charge is 0.352 e. The molecule has 28 heavy (non-hydrogen) atoms. The van der Waals surface area contributed by atoms with Crippen LogP contribution in [-0.4, -0.2) is 47.8 Å². The molecule has 7 heteroatoms. The molecule has 2 unspecified atom stereocenters. The third-order valence-corrected chi connectivity index (χ3v) is 5.24. The molecular formula is C21H30ClN3O3. The van der Waals surface area contributed by atoms with Crippen molar-refractivity contribution in [2.24, 2.45) is 5.92 Å². The van der Waals surface area contributed by atoms with Gasteiger partial charge < -0.3 is 15.5 Å². The van der Waals surface area contributed by atoms with Crippen molar-refractivity contribution in [3.05, 3.63) is 34.9 Å². The molecule has 2 N–H and O–H groups in total. The summed E-state index contributed by atoms with van der Waals surface area (Å²) >= 11 is 6.11. The Labute approximate surface area is 172 Å². The molecular weight excluding hydrogens is 378 g/mol. The Bertz CT molecular complexity index is 708. The van der Waals surface area contributed by atoms with Crippen molar-refractivity contribution in [2.45, 2.75) is 58.5 Å². The van der Waals surface area contributed by atoms with Gasteiger partial charge in [-0.25, -0.2) is 0 Å². The van der Waals surface area contributed by atoms with Crippen LogP contribution in [0.5, 0.6) is 0 Å². The van der Waals surface area contributed by atoms with Crippen LogP contribution >= 0.6 is 11.6 Å². The molecule has 1 aromatic rings. The second kappa shape index (κ2) is 10.5. The third-order valence-electron chi connectivity index (χ3n) is 4.91. The zero-order valence-corrected chi connectivity index (χ0v) is 17.6. The summed E-state index contributed by atoms with van der Waals surface area (Å²) in [4.78, 5) is 39.4. The van der Waals surface area contributed by atoms with E-state index in [0.29, 0.717) is 30.1 Å². The SMILES string of the molecule is CCCC(=O)NC1CCCN(C(=O)C(NC(=O)c2ccccc2Cl)C(C)C)C1. The van der Waals surface area contributed by atoms with E-state index >= 15 is 0 Å². The number of nitrogens with zero attached hydrogens (tertiary/aromatic N) is 1. The first-order chi connectivity index (χ1) is 13.3. The summed E-state index contributed by atoms with van der Waals surface area (Å²) in [5.74, 6) is -0.532. The lowest BCUT2D eigenvalue weighted by molar-refractivity contribution is -0.136. The molecule has 0 bridgehead atoms. The Morgan fingerprint density at radius 2 is 1.96 bits per heavy atom. The lowest BCUT2D eigenvalue weighted by Crippen LogP contribution is -2.56. The van der Waals surface area contributed by atoms with Crippen LogP contribution in [0.3, 0.4) is 0 Å². The van der Waals surface area contributed by atoms with Crippen LogP contribution < -0.4 is 10.6 Å². The number of nitrogens with one attached hydrogen (secondary N) is 2. The topological polar surface area (TPSA) is 78.5 Å². The number of halogens is 1. The Hall–Kier alpha value is -2.08. The van der Waals surface area contributed by atoms with Gasteiger partial charge in [-0.05, 0) is 37.3 Å². The number of hydrogen-bond donors (Lipinski definition) is 2. The number of hydrogen-bond acceptors (Lipinski definition) is 3. The quantitative estimate of drug-likeness (QED) is 0.729. The lowest BCUT2D eigenvalue weighted by atomic mass is 9.99. The summed E-state index contributed by atoms with van der Waals surface area (Å²) in [5, 5.41) is 6.21. The maximum absolute atomic E-state index is 13.1. The van der Waals surface area contributed by atoms with E-state index in [1.54, 1.807) is 29.2 Å². The molecule has 2 atom stereocenters. The summed E-state index contributed by atoms with van der Waals surface area (Å²) in [7, 11) is 0. The normalized spacial score (nSPS) is 17.9. The van der Waals surface area contributed by atoms with Crippen LogP contribution in [0.15, 0.2) is 24.3 Å². The molecule has 0 aliphatic carbocycles. The van der Waals surface area contributed by atoms with Crippen LogP contribution in [0.4, 0.5) is 0 Å². The van der Waals surface area contributed by atoms with E-state index in [2.05, 4.69) is 10.6 Å². The molecule has 0 saturated carbocycles. The van der Waals surface area contributed by atoms with E-state index < -0.39 is 6.04 Å². The Morgan fingerprint density at radius 3 is 2.61 bits per heavy atom. The Morgan fingerprint density at radius 1 is 1.25 bits per heavy atom. The number of rotatable bonds is 7. The summed E-state index contributed by atoms with van der Waals surface area (Å²) < 4.78 is 0. The van der Waals surface area contributed by atoms with Crippen molar-refractivity contribution in [1.82, 2.24) is 15.5 Å². The van der Waals surface area contributed by atoms with Gasteiger partial charge in [-0.2, -0.15) is 0 Å². The van der Waals surface area contributed by atoms with Crippen molar-refractivity contribution in [2.75, 3.05) is 13.1 Å². The van der Waals surface area contributed by atoms with Crippen LogP contribution in [0.1, 0.15) is 56.8 Å². The molecule has 154 valence electrons. The predicted molar refractivity (Wildman–Crippen MR) is 110 cm³/mol. The highest BCUT2D eigenvalue weighted by atomic mass is 35.5. The monoisotopic (exact) mass is 407 g/mol. The molecule has 0 radical (unpaired) electrons. The number of piperidine rings is 1. The molecule has 2 rings (SSSR count). The fourth-order valence-corrected chi connectivity index (χ4v) is 3.62. The highest BCUT2D eigenvalue weighted by Crippen LogP contribution is 2.18. The van der Waals surface area contributed by atoms with Crippen LogP contribution in [0.25, 0.3) is 0 Å². The van der Waals surface area contributed by atoms with Crippen LogP contribution in [-0.2, 0) is 9.59 Å². The van der Waals surface area contributed by atoms with E-state index in [1.165, 1.54) is 0 Å². The minimum Gasteiger partial charge on any atom is -0.352 e. The molecule has 1 aromatic carbocycles. The lowest BCUT2D eigenvalue weighted by Gasteiger charge is -2.36. The summed E-state index contributed by atoms with van der Waals surface area (Å²) in [6.45, 7) is 6.87. The van der Waals surface area contributed by atoms with Crippen molar-refractivity contribution < 1.29 is 14.4 Å². The fourth-order valence-electron chi connectivity index (χ4n) is 3.40. The van der Waals surface area contributed by atoms with Gasteiger partial charge in [0.15, 0.2) is 0 Å². The second-order valence-electron chi connectivity index (χ2n) is 7.62. The maximum atomic E-state index is 13.1. The first kappa shape index (κ1) is 22.2. The van der Waals surface area contributed by atoms with Gasteiger partial charge in [0, 0.05) is 25.6 Å². The van der Waals surface area contributed by atoms with Gasteiger partial charge in [-0.1, -0.05) is 44.5 Å². The van der Waals surface area contributed by atoms with E-state index in [4.69, 9.17) is 11.6 Å². The van der Waals surface area contributed by atoms with Crippen molar-refractivity contribution in [3.63, 3.8) is 0 Å².